The van der Waals surface area contributed by atoms with Crippen LogP contribution < -0.4 is 10.1 Å². The van der Waals surface area contributed by atoms with Crippen molar-refractivity contribution >= 4 is 15.9 Å². The van der Waals surface area contributed by atoms with Crippen molar-refractivity contribution in [1.82, 2.24) is 5.32 Å². The van der Waals surface area contributed by atoms with Crippen molar-refractivity contribution in [2.45, 2.75) is 38.3 Å². The minimum Gasteiger partial charge on any atom is -0.489 e. The first-order valence-corrected chi connectivity index (χ1v) is 7.73. The normalized spacial score (nSPS) is 15.9. The summed E-state index contributed by atoms with van der Waals surface area (Å²) in [6.07, 6.45) is 5.37. The molecule has 2 rings (SSSR count). The molecule has 4 heteroatoms. The summed E-state index contributed by atoms with van der Waals surface area (Å²) in [6, 6.07) is 6.31. The Labute approximate surface area is 123 Å². The summed E-state index contributed by atoms with van der Waals surface area (Å²) in [5.41, 5.74) is 1.25. The molecule has 1 aromatic carbocycles. The number of nitrogens with one attached hydrogen (secondary N) is 1. The largest absolute Gasteiger partial charge is 0.489 e. The number of benzene rings is 1. The number of hydrogen-bond donors (Lipinski definition) is 1. The Bertz CT molecular complexity index is 392. The van der Waals surface area contributed by atoms with Crippen LogP contribution in [0.5, 0.6) is 5.75 Å². The molecule has 0 bridgehead atoms. The molecular weight excluding hydrogens is 306 g/mol. The minimum atomic E-state index is 0.405. The van der Waals surface area contributed by atoms with Crippen LogP contribution in [0.25, 0.3) is 0 Å². The Balaban J connectivity index is 1.85. The maximum absolute atomic E-state index is 6.02. The van der Waals surface area contributed by atoms with Gasteiger partial charge in [-0.2, -0.15) is 0 Å². The molecule has 19 heavy (non-hydrogen) atoms. The van der Waals surface area contributed by atoms with Crippen LogP contribution in [0.4, 0.5) is 0 Å². The predicted molar refractivity (Wildman–Crippen MR) is 80.6 cm³/mol. The van der Waals surface area contributed by atoms with Crippen molar-refractivity contribution in [2.24, 2.45) is 0 Å². The average Bonchev–Trinajstić information content (AvgIpc) is 2.91. The molecule has 1 aromatic rings. The molecule has 0 amide bonds. The zero-order valence-corrected chi connectivity index (χ0v) is 13.0. The molecule has 0 radical (unpaired) electrons. The first-order valence-electron chi connectivity index (χ1n) is 6.94. The highest BCUT2D eigenvalue weighted by Gasteiger charge is 2.17. The fraction of sp³-hybridized carbons (Fsp3) is 0.600. The van der Waals surface area contributed by atoms with Gasteiger partial charge in [0.2, 0.25) is 0 Å². The topological polar surface area (TPSA) is 30.5 Å². The van der Waals surface area contributed by atoms with E-state index in [0.717, 1.165) is 29.9 Å². The highest BCUT2D eigenvalue weighted by molar-refractivity contribution is 9.10. The van der Waals surface area contributed by atoms with Gasteiger partial charge in [-0.25, -0.2) is 0 Å². The van der Waals surface area contributed by atoms with Gasteiger partial charge < -0.3 is 14.8 Å². The van der Waals surface area contributed by atoms with Crippen molar-refractivity contribution in [3.63, 3.8) is 0 Å². The Hall–Kier alpha value is -0.580. The molecule has 1 aliphatic rings. The van der Waals surface area contributed by atoms with Crippen LogP contribution in [0.15, 0.2) is 22.7 Å². The number of rotatable bonds is 7. The summed E-state index contributed by atoms with van der Waals surface area (Å²) in [7, 11) is 1.72. The summed E-state index contributed by atoms with van der Waals surface area (Å²) < 4.78 is 12.1. The van der Waals surface area contributed by atoms with Crippen molar-refractivity contribution < 1.29 is 9.47 Å². The fourth-order valence-corrected chi connectivity index (χ4v) is 2.86. The molecule has 0 saturated heterocycles. The van der Waals surface area contributed by atoms with E-state index in [1.54, 1.807) is 7.11 Å². The Morgan fingerprint density at radius 1 is 1.32 bits per heavy atom. The van der Waals surface area contributed by atoms with Gasteiger partial charge in [0.25, 0.3) is 0 Å². The average molecular weight is 328 g/mol. The monoisotopic (exact) mass is 327 g/mol. The predicted octanol–water partition coefficient (Wildman–Crippen LogP) is 3.51. The van der Waals surface area contributed by atoms with Crippen molar-refractivity contribution in [2.75, 3.05) is 20.3 Å². The maximum Gasteiger partial charge on any atom is 0.133 e. The summed E-state index contributed by atoms with van der Waals surface area (Å²) >= 11 is 3.60. The minimum absolute atomic E-state index is 0.405. The lowest BCUT2D eigenvalue weighted by Gasteiger charge is -2.15. The second kappa shape index (κ2) is 7.88. The Kier molecular flexibility index (Phi) is 6.14. The van der Waals surface area contributed by atoms with Crippen LogP contribution in [-0.4, -0.2) is 26.4 Å². The van der Waals surface area contributed by atoms with E-state index in [4.69, 9.17) is 9.47 Å². The SMILES string of the molecule is COCCNCc1ccc(OC2CCCC2)c(Br)c1. The van der Waals surface area contributed by atoms with E-state index in [2.05, 4.69) is 39.4 Å². The zero-order chi connectivity index (χ0) is 13.5. The van der Waals surface area contributed by atoms with Gasteiger partial charge >= 0.3 is 0 Å². The number of hydrogen-bond acceptors (Lipinski definition) is 3. The van der Waals surface area contributed by atoms with Crippen LogP contribution in [0.2, 0.25) is 0 Å². The first-order chi connectivity index (χ1) is 9.29. The molecule has 3 nitrogen and oxygen atoms in total. The summed E-state index contributed by atoms with van der Waals surface area (Å²) in [5.74, 6) is 0.965. The van der Waals surface area contributed by atoms with E-state index in [1.807, 2.05) is 0 Å². The molecule has 0 aromatic heterocycles. The van der Waals surface area contributed by atoms with Gasteiger partial charge in [0.15, 0.2) is 0 Å². The van der Waals surface area contributed by atoms with E-state index in [-0.39, 0.29) is 0 Å². The van der Waals surface area contributed by atoms with E-state index >= 15 is 0 Å². The van der Waals surface area contributed by atoms with E-state index < -0.39 is 0 Å². The Morgan fingerprint density at radius 2 is 2.11 bits per heavy atom. The molecular formula is C15H22BrNO2. The molecule has 1 aliphatic carbocycles. The molecule has 1 N–H and O–H groups in total. The first kappa shape index (κ1) is 14.8. The van der Waals surface area contributed by atoms with Crippen molar-refractivity contribution in [1.29, 1.82) is 0 Å². The van der Waals surface area contributed by atoms with Gasteiger partial charge in [-0.05, 0) is 59.3 Å². The lowest BCUT2D eigenvalue weighted by Crippen LogP contribution is -2.18. The quantitative estimate of drug-likeness (QED) is 0.777. The van der Waals surface area contributed by atoms with E-state index in [1.165, 1.54) is 31.2 Å². The second-order valence-corrected chi connectivity index (χ2v) is 5.81. The third-order valence-electron chi connectivity index (χ3n) is 3.40. The summed E-state index contributed by atoms with van der Waals surface area (Å²) in [4.78, 5) is 0. The molecule has 106 valence electrons. The smallest absolute Gasteiger partial charge is 0.133 e. The van der Waals surface area contributed by atoms with Gasteiger partial charge in [0.05, 0.1) is 17.2 Å². The molecule has 0 aliphatic heterocycles. The van der Waals surface area contributed by atoms with Crippen LogP contribution in [0, 0.1) is 0 Å². The number of ether oxygens (including phenoxy) is 2. The van der Waals surface area contributed by atoms with Crippen LogP contribution in [0.1, 0.15) is 31.2 Å². The van der Waals surface area contributed by atoms with Crippen LogP contribution >= 0.6 is 15.9 Å². The third-order valence-corrected chi connectivity index (χ3v) is 4.02. The van der Waals surface area contributed by atoms with Gasteiger partial charge in [0, 0.05) is 20.2 Å². The van der Waals surface area contributed by atoms with Crippen LogP contribution in [-0.2, 0) is 11.3 Å². The molecule has 0 spiro atoms. The zero-order valence-electron chi connectivity index (χ0n) is 11.5. The maximum atomic E-state index is 6.02. The number of halogens is 1. The van der Waals surface area contributed by atoms with Gasteiger partial charge in [0.1, 0.15) is 5.75 Å². The molecule has 0 unspecified atom stereocenters. The Morgan fingerprint density at radius 3 is 2.79 bits per heavy atom. The second-order valence-electron chi connectivity index (χ2n) is 4.96. The lowest BCUT2D eigenvalue weighted by molar-refractivity contribution is 0.199. The van der Waals surface area contributed by atoms with E-state index in [9.17, 15) is 0 Å². The van der Waals surface area contributed by atoms with Crippen LogP contribution in [0.3, 0.4) is 0 Å². The molecule has 0 heterocycles. The summed E-state index contributed by atoms with van der Waals surface area (Å²) in [5, 5.41) is 3.34. The molecule has 1 saturated carbocycles. The lowest BCUT2D eigenvalue weighted by atomic mass is 10.2. The van der Waals surface area contributed by atoms with Gasteiger partial charge in [-0.15, -0.1) is 0 Å². The molecule has 0 atom stereocenters. The van der Waals surface area contributed by atoms with Crippen molar-refractivity contribution in [3.05, 3.63) is 28.2 Å². The van der Waals surface area contributed by atoms with Crippen molar-refractivity contribution in [3.8, 4) is 5.75 Å². The summed E-state index contributed by atoms with van der Waals surface area (Å²) in [6.45, 7) is 2.46. The third kappa shape index (κ3) is 4.79. The highest BCUT2D eigenvalue weighted by atomic mass is 79.9. The van der Waals surface area contributed by atoms with Gasteiger partial charge in [-0.3, -0.25) is 0 Å². The standard InChI is InChI=1S/C15H22BrNO2/c1-18-9-8-17-11-12-6-7-15(14(16)10-12)19-13-4-2-3-5-13/h6-7,10,13,17H,2-5,8-9,11H2,1H3. The number of methoxy groups -OCH3 is 1. The highest BCUT2D eigenvalue weighted by Crippen LogP contribution is 2.30. The molecule has 1 fully saturated rings. The van der Waals surface area contributed by atoms with E-state index in [0.29, 0.717) is 6.10 Å². The van der Waals surface area contributed by atoms with Gasteiger partial charge in [-0.1, -0.05) is 6.07 Å². The fourth-order valence-electron chi connectivity index (χ4n) is 2.34.